The molecule has 1 saturated carbocycles. The van der Waals surface area contributed by atoms with Gasteiger partial charge in [0.2, 0.25) is 5.91 Å². The van der Waals surface area contributed by atoms with E-state index in [1.165, 1.54) is 7.11 Å². The third kappa shape index (κ3) is 11.5. The van der Waals surface area contributed by atoms with E-state index < -0.39 is 72.8 Å². The largest absolute Gasteiger partial charge is 0.497 e. The number of nitrogens with one attached hydrogen (secondary N) is 3. The monoisotopic (exact) mass is 804 g/mol. The van der Waals surface area contributed by atoms with Crippen molar-refractivity contribution in [2.24, 2.45) is 11.7 Å². The molecule has 0 aromatic heterocycles. The number of amides is 6. The normalized spacial score (nSPS) is 16.0. The van der Waals surface area contributed by atoms with Gasteiger partial charge in [-0.1, -0.05) is 75.6 Å². The zero-order chi connectivity index (χ0) is 42.5. The van der Waals surface area contributed by atoms with E-state index in [9.17, 15) is 29.1 Å². The van der Waals surface area contributed by atoms with Crippen molar-refractivity contribution in [3.05, 3.63) is 90.0 Å². The van der Waals surface area contributed by atoms with Gasteiger partial charge in [-0.2, -0.15) is 0 Å². The first kappa shape index (κ1) is 45.2. The van der Waals surface area contributed by atoms with Crippen molar-refractivity contribution in [1.82, 2.24) is 15.1 Å². The number of anilines is 2. The third-order valence-corrected chi connectivity index (χ3v) is 10.3. The van der Waals surface area contributed by atoms with E-state index in [1.54, 1.807) is 65.6 Å². The van der Waals surface area contributed by atoms with Crippen molar-refractivity contribution >= 4 is 41.2 Å². The minimum absolute atomic E-state index is 0.0549. The molecule has 1 aliphatic heterocycles. The number of para-hydroxylation sites is 1. The molecular formula is C42H56N6O10. The lowest BCUT2D eigenvalue weighted by molar-refractivity contribution is -0.142. The summed E-state index contributed by atoms with van der Waals surface area (Å²) < 4.78 is 5.22. The number of carboxylic acid groups (broad SMARTS) is 1. The highest BCUT2D eigenvalue weighted by Gasteiger charge is 2.59. The molecule has 0 bridgehead atoms. The Morgan fingerprint density at radius 3 is 1.91 bits per heavy atom. The van der Waals surface area contributed by atoms with Gasteiger partial charge in [-0.05, 0) is 72.7 Å². The van der Waals surface area contributed by atoms with Gasteiger partial charge in [0, 0.05) is 17.9 Å². The lowest BCUT2D eigenvalue weighted by Crippen LogP contribution is -2.53. The third-order valence-electron chi connectivity index (χ3n) is 10.3. The summed E-state index contributed by atoms with van der Waals surface area (Å²) in [6, 6.07) is 19.9. The Morgan fingerprint density at radius 1 is 0.845 bits per heavy atom. The molecule has 1 saturated heterocycles. The predicted molar refractivity (Wildman–Crippen MR) is 217 cm³/mol. The van der Waals surface area contributed by atoms with Crippen LogP contribution in [-0.4, -0.2) is 104 Å². The molecule has 314 valence electrons. The molecule has 16 nitrogen and oxygen atoms in total. The number of ether oxygens (including phenoxy) is 1. The highest BCUT2D eigenvalue weighted by Crippen LogP contribution is 2.43. The molecule has 58 heavy (non-hydrogen) atoms. The molecule has 3 aromatic carbocycles. The number of imide groups is 1. The molecular weight excluding hydrogens is 748 g/mol. The highest BCUT2D eigenvalue weighted by atomic mass is 16.5. The van der Waals surface area contributed by atoms with Crippen molar-refractivity contribution in [2.45, 2.75) is 88.5 Å². The predicted octanol–water partition coefficient (Wildman–Crippen LogP) is 4.21. The van der Waals surface area contributed by atoms with E-state index in [1.807, 2.05) is 32.0 Å². The number of carbonyl (C=O) groups excluding carboxylic acids is 4. The number of methoxy groups -OCH3 is 1. The van der Waals surface area contributed by atoms with Crippen LogP contribution in [0.25, 0.3) is 0 Å². The maximum absolute atomic E-state index is 14.5. The molecule has 3 aromatic rings. The van der Waals surface area contributed by atoms with Gasteiger partial charge in [-0.15, -0.1) is 0 Å². The number of carbonyl (C=O) groups is 5. The number of hydrogen-bond donors (Lipinski definition) is 8. The Balaban J connectivity index is 0.000000841. The molecule has 0 radical (unpaired) electrons. The maximum Gasteiger partial charge on any atom is 0.328 e. The second-order valence-corrected chi connectivity index (χ2v) is 15.2. The van der Waals surface area contributed by atoms with E-state index in [2.05, 4.69) is 16.0 Å². The van der Waals surface area contributed by atoms with Crippen LogP contribution >= 0.6 is 0 Å². The molecule has 9 N–H and O–H groups in total. The van der Waals surface area contributed by atoms with Crippen LogP contribution in [0.3, 0.4) is 0 Å². The number of aliphatic carboxylic acids is 1. The van der Waals surface area contributed by atoms with E-state index in [-0.39, 0.29) is 25.3 Å². The summed E-state index contributed by atoms with van der Waals surface area (Å²) in [6.45, 7) is 2.75. The average molecular weight is 805 g/mol. The van der Waals surface area contributed by atoms with Crippen LogP contribution in [0.15, 0.2) is 78.9 Å². The summed E-state index contributed by atoms with van der Waals surface area (Å²) in [6.07, 6.45) is 3.26. The molecule has 6 amide bonds. The maximum atomic E-state index is 14.5. The number of aliphatic hydroxyl groups excluding tert-OH is 3. The van der Waals surface area contributed by atoms with E-state index in [4.69, 9.17) is 25.8 Å². The van der Waals surface area contributed by atoms with E-state index >= 15 is 0 Å². The summed E-state index contributed by atoms with van der Waals surface area (Å²) >= 11 is 0. The van der Waals surface area contributed by atoms with E-state index in [0.717, 1.165) is 29.7 Å². The first-order chi connectivity index (χ1) is 27.7. The smallest absolute Gasteiger partial charge is 0.328 e. The second kappa shape index (κ2) is 20.7. The van der Waals surface area contributed by atoms with Crippen LogP contribution < -0.4 is 26.4 Å². The van der Waals surface area contributed by atoms with Gasteiger partial charge in [-0.25, -0.2) is 14.5 Å². The van der Waals surface area contributed by atoms with Crippen molar-refractivity contribution in [3.8, 4) is 5.75 Å². The van der Waals surface area contributed by atoms with Crippen LogP contribution in [0.1, 0.15) is 76.0 Å². The summed E-state index contributed by atoms with van der Waals surface area (Å²) in [5.74, 6) is -1.55. The molecule has 2 aliphatic rings. The number of urea groups is 2. The number of nitrogens with zero attached hydrogens (tertiary/aromatic N) is 2. The Kier molecular flexibility index (Phi) is 16.2. The first-order valence-electron chi connectivity index (χ1n) is 19.3. The Morgan fingerprint density at radius 2 is 1.41 bits per heavy atom. The first-order valence-corrected chi connectivity index (χ1v) is 19.3. The topological polar surface area (TPSA) is 244 Å². The second-order valence-electron chi connectivity index (χ2n) is 15.2. The number of aliphatic hydroxyl groups is 3. The number of benzene rings is 3. The molecule has 1 aliphatic carbocycles. The Labute approximate surface area is 338 Å². The lowest BCUT2D eigenvalue weighted by Gasteiger charge is -2.38. The van der Waals surface area contributed by atoms with Crippen molar-refractivity contribution in [3.63, 3.8) is 0 Å². The van der Waals surface area contributed by atoms with E-state index in [0.29, 0.717) is 35.5 Å². The molecule has 0 unspecified atom stereocenters. The van der Waals surface area contributed by atoms with Crippen LogP contribution in [-0.2, 0) is 20.9 Å². The minimum Gasteiger partial charge on any atom is -0.497 e. The fourth-order valence-corrected chi connectivity index (χ4v) is 7.00. The summed E-state index contributed by atoms with van der Waals surface area (Å²) in [7, 11) is 1.52. The summed E-state index contributed by atoms with van der Waals surface area (Å²) in [5.41, 5.74) is 5.38. The minimum atomic E-state index is -1.21. The SMILES string of the molecule is COc1ccc([C@H](CC(=O)O)NC(=O)[C@H](CC(C)C)N2C(=O)N(Cc3ccc(NC(=O)Nc4ccccc4)cc3)C3(CCCCC3)C2=O)cc1.NC(CO)(CO)CO. The molecule has 5 rings (SSSR count). The van der Waals surface area contributed by atoms with Crippen molar-refractivity contribution in [1.29, 1.82) is 0 Å². The lowest BCUT2D eigenvalue weighted by atomic mass is 9.80. The highest BCUT2D eigenvalue weighted by molar-refractivity contribution is 6.10. The Bertz CT molecular complexity index is 1820. The fraction of sp³-hybridized carbons (Fsp3) is 0.452. The van der Waals surface area contributed by atoms with Gasteiger partial charge in [0.05, 0.1) is 44.9 Å². The summed E-state index contributed by atoms with van der Waals surface area (Å²) in [5, 5.41) is 43.1. The number of hydrogen-bond acceptors (Lipinski definition) is 10. The molecule has 1 spiro atoms. The average Bonchev–Trinajstić information content (AvgIpc) is 3.40. The zero-order valence-electron chi connectivity index (χ0n) is 33.2. The summed E-state index contributed by atoms with van der Waals surface area (Å²) in [4.78, 5) is 70.0. The standard InChI is InChI=1S/C38H45N5O7.C4H11NO3/c1-25(2)22-32(34(46)41-31(23-33(44)45)27-14-18-30(50-3)19-15-27)43-35(47)38(20-8-5-9-21-38)42(37(43)49)24-26-12-16-29(17-13-26)40-36(48)39-28-10-6-4-7-11-28;5-4(1-6,2-7)3-8/h4,6-7,10-19,25,31-32H,5,8-9,20-24H2,1-3H3,(H,41,46)(H,44,45)(H2,39,40,48);6-8H,1-3,5H2/t31-,32-;/m0./s1. The number of rotatable bonds is 16. The quantitative estimate of drug-likeness (QED) is 0.0954. The van der Waals surface area contributed by atoms with Crippen LogP contribution in [0, 0.1) is 5.92 Å². The fourth-order valence-electron chi connectivity index (χ4n) is 7.00. The van der Waals surface area contributed by atoms with Gasteiger partial charge in [0.25, 0.3) is 5.91 Å². The van der Waals surface area contributed by atoms with Gasteiger partial charge in [-0.3, -0.25) is 14.4 Å². The van der Waals surface area contributed by atoms with Crippen molar-refractivity contribution < 1.29 is 49.1 Å². The molecule has 16 heteroatoms. The van der Waals surface area contributed by atoms with Crippen LogP contribution in [0.2, 0.25) is 0 Å². The van der Waals surface area contributed by atoms with Gasteiger partial charge < -0.3 is 51.7 Å². The number of nitrogens with two attached hydrogens (primary N) is 1. The zero-order valence-corrected chi connectivity index (χ0v) is 33.2. The Hall–Kier alpha value is -5.55. The molecule has 2 fully saturated rings. The molecule has 2 atom stereocenters. The number of carboxylic acids is 1. The van der Waals surface area contributed by atoms with Crippen LogP contribution in [0.5, 0.6) is 5.75 Å². The van der Waals surface area contributed by atoms with Gasteiger partial charge in [0.15, 0.2) is 0 Å². The van der Waals surface area contributed by atoms with Crippen LogP contribution in [0.4, 0.5) is 21.0 Å². The molecule has 1 heterocycles. The van der Waals surface area contributed by atoms with Gasteiger partial charge in [0.1, 0.15) is 17.3 Å². The van der Waals surface area contributed by atoms with Crippen molar-refractivity contribution in [2.75, 3.05) is 37.6 Å². The van der Waals surface area contributed by atoms with Gasteiger partial charge >= 0.3 is 18.0 Å².